The fourth-order valence-corrected chi connectivity index (χ4v) is 1.84. The molecule has 0 aliphatic rings. The Hall–Kier alpha value is -1.14. The number of anilines is 1. The first-order valence-corrected chi connectivity index (χ1v) is 4.84. The summed E-state index contributed by atoms with van der Waals surface area (Å²) in [5.74, 6) is -4.40. The van der Waals surface area contributed by atoms with Crippen LogP contribution >= 0.6 is 0 Å². The molecule has 1 aromatic carbocycles. The van der Waals surface area contributed by atoms with Gasteiger partial charge in [-0.2, -0.15) is 0 Å². The minimum atomic E-state index is -2.22. The third-order valence-electron chi connectivity index (χ3n) is 2.39. The molecule has 0 atom stereocenters. The molecule has 0 fully saturated rings. The van der Waals surface area contributed by atoms with E-state index in [0.717, 1.165) is 13.8 Å². The molecule has 0 aromatic heterocycles. The van der Waals surface area contributed by atoms with Crippen molar-refractivity contribution in [3.05, 3.63) is 28.8 Å². The lowest BCUT2D eigenvalue weighted by Gasteiger charge is -2.29. The Morgan fingerprint density at radius 3 is 1.69 bits per heavy atom. The monoisotopic (exact) mass is 227 g/mol. The van der Waals surface area contributed by atoms with Crippen molar-refractivity contribution in [1.82, 2.24) is 0 Å². The Kier molecular flexibility index (Phi) is 3.00. The molecule has 16 heavy (non-hydrogen) atoms. The fraction of sp³-hybridized carbons (Fsp3) is 0.455. The molecule has 0 saturated heterocycles. The third-order valence-corrected chi connectivity index (χ3v) is 2.39. The summed E-state index contributed by atoms with van der Waals surface area (Å²) >= 11 is 0. The molecule has 90 valence electrons. The predicted molar refractivity (Wildman–Crippen MR) is 59.2 cm³/mol. The lowest BCUT2D eigenvalue weighted by Crippen LogP contribution is -2.31. The molecular weight excluding hydrogens is 210 g/mol. The van der Waals surface area contributed by atoms with Gasteiger partial charge in [-0.05, 0) is 32.4 Å². The van der Waals surface area contributed by atoms with Gasteiger partial charge in [0, 0.05) is 16.8 Å². The largest absolute Gasteiger partial charge is 0.398 e. The Bertz CT molecular complexity index is 363. The van der Waals surface area contributed by atoms with E-state index in [1.54, 1.807) is 13.0 Å². The summed E-state index contributed by atoms with van der Waals surface area (Å²) in [5.41, 5.74) is 6.18. The maximum atomic E-state index is 9.62. The molecule has 5 heteroatoms. The molecule has 0 saturated carbocycles. The number of aryl methyl sites for hydroxylation is 1. The van der Waals surface area contributed by atoms with Gasteiger partial charge in [-0.3, -0.25) is 0 Å². The van der Waals surface area contributed by atoms with Gasteiger partial charge in [-0.1, -0.05) is 6.07 Å². The van der Waals surface area contributed by atoms with Gasteiger partial charge in [0.05, 0.1) is 0 Å². The molecule has 0 heterocycles. The summed E-state index contributed by atoms with van der Waals surface area (Å²) in [6.07, 6.45) is 0. The second-order valence-corrected chi connectivity index (χ2v) is 4.26. The van der Waals surface area contributed by atoms with E-state index in [0.29, 0.717) is 5.56 Å². The average molecular weight is 227 g/mol. The lowest BCUT2D eigenvalue weighted by atomic mass is 9.90. The van der Waals surface area contributed by atoms with E-state index in [1.807, 2.05) is 0 Å². The van der Waals surface area contributed by atoms with E-state index in [4.69, 9.17) is 5.73 Å². The highest BCUT2D eigenvalue weighted by molar-refractivity contribution is 5.56. The molecular formula is C11H17NO4. The maximum absolute atomic E-state index is 9.62. The first kappa shape index (κ1) is 12.9. The van der Waals surface area contributed by atoms with Crippen LogP contribution in [0.25, 0.3) is 0 Å². The van der Waals surface area contributed by atoms with Crippen LogP contribution in [0.15, 0.2) is 12.1 Å². The van der Waals surface area contributed by atoms with E-state index < -0.39 is 11.6 Å². The highest BCUT2D eigenvalue weighted by Gasteiger charge is 2.34. The second-order valence-electron chi connectivity index (χ2n) is 4.26. The predicted octanol–water partition coefficient (Wildman–Crippen LogP) is -0.108. The van der Waals surface area contributed by atoms with E-state index >= 15 is 0 Å². The van der Waals surface area contributed by atoms with Gasteiger partial charge in [0.2, 0.25) is 0 Å². The number of hydrogen-bond acceptors (Lipinski definition) is 5. The van der Waals surface area contributed by atoms with Gasteiger partial charge in [-0.15, -0.1) is 0 Å². The Morgan fingerprint density at radius 1 is 0.938 bits per heavy atom. The zero-order chi connectivity index (χ0) is 12.7. The van der Waals surface area contributed by atoms with E-state index in [1.165, 1.54) is 6.07 Å². The van der Waals surface area contributed by atoms with Crippen molar-refractivity contribution in [2.24, 2.45) is 0 Å². The minimum absolute atomic E-state index is 0.0139. The van der Waals surface area contributed by atoms with Gasteiger partial charge in [0.25, 0.3) is 0 Å². The second kappa shape index (κ2) is 3.71. The summed E-state index contributed by atoms with van der Waals surface area (Å²) in [7, 11) is 0. The van der Waals surface area contributed by atoms with Crippen molar-refractivity contribution in [1.29, 1.82) is 0 Å². The van der Waals surface area contributed by atoms with Crippen molar-refractivity contribution >= 4 is 5.69 Å². The first-order valence-electron chi connectivity index (χ1n) is 4.84. The quantitative estimate of drug-likeness (QED) is 0.358. The smallest absolute Gasteiger partial charge is 0.189 e. The van der Waals surface area contributed by atoms with Crippen molar-refractivity contribution in [2.45, 2.75) is 32.3 Å². The van der Waals surface area contributed by atoms with Crippen molar-refractivity contribution in [2.75, 3.05) is 5.73 Å². The number of nitrogens with two attached hydrogens (primary N) is 1. The van der Waals surface area contributed by atoms with E-state index in [9.17, 15) is 20.4 Å². The molecule has 0 aliphatic heterocycles. The molecule has 0 unspecified atom stereocenters. The zero-order valence-electron chi connectivity index (χ0n) is 9.52. The third kappa shape index (κ3) is 2.33. The Morgan fingerprint density at radius 2 is 1.38 bits per heavy atom. The summed E-state index contributed by atoms with van der Waals surface area (Å²) in [5, 5.41) is 38.4. The van der Waals surface area contributed by atoms with Crippen LogP contribution in [0.1, 0.15) is 30.5 Å². The van der Waals surface area contributed by atoms with Crippen LogP contribution in [0.4, 0.5) is 5.69 Å². The number of benzene rings is 1. The van der Waals surface area contributed by atoms with Crippen LogP contribution < -0.4 is 5.73 Å². The summed E-state index contributed by atoms with van der Waals surface area (Å²) in [6.45, 7) is 3.89. The van der Waals surface area contributed by atoms with Gasteiger partial charge < -0.3 is 26.2 Å². The van der Waals surface area contributed by atoms with Gasteiger partial charge in [0.15, 0.2) is 11.6 Å². The molecule has 0 amide bonds. The van der Waals surface area contributed by atoms with Crippen LogP contribution in [0.5, 0.6) is 0 Å². The number of aliphatic hydroxyl groups is 4. The number of hydrogen-bond donors (Lipinski definition) is 5. The normalized spacial score (nSPS) is 12.9. The number of rotatable bonds is 2. The van der Waals surface area contributed by atoms with E-state index in [2.05, 4.69) is 0 Å². The summed E-state index contributed by atoms with van der Waals surface area (Å²) in [6, 6.07) is 3.08. The Balaban J connectivity index is 3.64. The average Bonchev–Trinajstić information content (AvgIpc) is 2.04. The highest BCUT2D eigenvalue weighted by Crippen LogP contribution is 2.35. The molecule has 6 N–H and O–H groups in total. The van der Waals surface area contributed by atoms with Crippen LogP contribution in [-0.2, 0) is 11.6 Å². The minimum Gasteiger partial charge on any atom is -0.398 e. The topological polar surface area (TPSA) is 107 Å². The molecule has 0 radical (unpaired) electrons. The first-order chi connectivity index (χ1) is 7.05. The van der Waals surface area contributed by atoms with E-state index in [-0.39, 0.29) is 16.8 Å². The standard InChI is InChI=1S/C11H17NO4/c1-6-4-5-7(12)9(11(3,15)16)8(6)10(2,13)14/h4-5,13-16H,12H2,1-3H3. The number of nitrogen functional groups attached to an aromatic ring is 1. The van der Waals surface area contributed by atoms with Crippen LogP contribution in [0, 0.1) is 6.92 Å². The van der Waals surface area contributed by atoms with Crippen molar-refractivity contribution < 1.29 is 20.4 Å². The van der Waals surface area contributed by atoms with Crippen molar-refractivity contribution in [3.8, 4) is 0 Å². The van der Waals surface area contributed by atoms with Crippen molar-refractivity contribution in [3.63, 3.8) is 0 Å². The lowest BCUT2D eigenvalue weighted by molar-refractivity contribution is -0.174. The van der Waals surface area contributed by atoms with Gasteiger partial charge >= 0.3 is 0 Å². The van der Waals surface area contributed by atoms with Crippen LogP contribution in [-0.4, -0.2) is 20.4 Å². The van der Waals surface area contributed by atoms with Crippen LogP contribution in [0.3, 0.4) is 0 Å². The summed E-state index contributed by atoms with van der Waals surface area (Å²) < 4.78 is 0. The molecule has 0 aliphatic carbocycles. The Labute approximate surface area is 93.8 Å². The molecule has 0 bridgehead atoms. The van der Waals surface area contributed by atoms with Gasteiger partial charge in [-0.25, -0.2) is 0 Å². The molecule has 1 aromatic rings. The highest BCUT2D eigenvalue weighted by atomic mass is 16.5. The maximum Gasteiger partial charge on any atom is 0.189 e. The van der Waals surface area contributed by atoms with Gasteiger partial charge in [0.1, 0.15) is 0 Å². The summed E-state index contributed by atoms with van der Waals surface area (Å²) in [4.78, 5) is 0. The SMILES string of the molecule is Cc1ccc(N)c(C(C)(O)O)c1C(C)(O)O. The fourth-order valence-electron chi connectivity index (χ4n) is 1.84. The molecule has 5 nitrogen and oxygen atoms in total. The molecule has 1 rings (SSSR count). The molecule has 0 spiro atoms. The van der Waals surface area contributed by atoms with Crippen LogP contribution in [0.2, 0.25) is 0 Å². The zero-order valence-corrected chi connectivity index (χ0v) is 9.52.